The van der Waals surface area contributed by atoms with Crippen molar-refractivity contribution in [2.24, 2.45) is 0 Å². The van der Waals surface area contributed by atoms with Crippen molar-refractivity contribution in [2.75, 3.05) is 31.6 Å². The molecule has 2 rings (SSSR count). The van der Waals surface area contributed by atoms with Gasteiger partial charge in [0.25, 0.3) is 0 Å². The van der Waals surface area contributed by atoms with Crippen LogP contribution in [0.5, 0.6) is 0 Å². The summed E-state index contributed by atoms with van der Waals surface area (Å²) in [5.41, 5.74) is -0.298. The maximum atomic E-state index is 12.2. The number of carbonyl (C=O) groups is 2. The lowest BCUT2D eigenvalue weighted by Crippen LogP contribution is -2.39. The topological polar surface area (TPSA) is 84.9 Å². The second-order valence-electron chi connectivity index (χ2n) is 7.08. The van der Waals surface area contributed by atoms with Gasteiger partial charge in [0.05, 0.1) is 6.61 Å². The zero-order valence-electron chi connectivity index (χ0n) is 15.8. The number of halogens is 1. The first-order valence-corrected chi connectivity index (χ1v) is 8.90. The Hall–Kier alpha value is -2.09. The lowest BCUT2D eigenvalue weighted by molar-refractivity contribution is 0.0292. The van der Waals surface area contributed by atoms with Crippen LogP contribution in [0.3, 0.4) is 0 Å². The number of ether oxygens (including phenoxy) is 2. The van der Waals surface area contributed by atoms with E-state index < -0.39 is 11.6 Å². The summed E-state index contributed by atoms with van der Waals surface area (Å²) in [4.78, 5) is 36.0. The summed E-state index contributed by atoms with van der Waals surface area (Å²) in [7, 11) is 1.81. The second-order valence-corrected chi connectivity index (χ2v) is 7.41. The number of esters is 1. The fourth-order valence-corrected chi connectivity index (χ4v) is 2.83. The van der Waals surface area contributed by atoms with Gasteiger partial charge >= 0.3 is 12.1 Å². The summed E-state index contributed by atoms with van der Waals surface area (Å²) >= 11 is 5.92. The van der Waals surface area contributed by atoms with Crippen LogP contribution in [0.2, 0.25) is 5.28 Å². The van der Waals surface area contributed by atoms with E-state index in [1.807, 2.05) is 32.7 Å². The Morgan fingerprint density at radius 1 is 1.42 bits per heavy atom. The van der Waals surface area contributed by atoms with Gasteiger partial charge < -0.3 is 19.3 Å². The van der Waals surface area contributed by atoms with E-state index in [0.717, 1.165) is 6.42 Å². The number of likely N-dealkylation sites (tertiary alicyclic amines) is 1. The summed E-state index contributed by atoms with van der Waals surface area (Å²) < 4.78 is 10.5. The molecule has 0 N–H and O–H groups in total. The summed E-state index contributed by atoms with van der Waals surface area (Å²) in [5.74, 6) is -0.118. The molecule has 0 aromatic carbocycles. The Balaban J connectivity index is 2.15. The molecular weight excluding hydrogens is 360 g/mol. The molecule has 0 bridgehead atoms. The minimum Gasteiger partial charge on any atom is -0.462 e. The van der Waals surface area contributed by atoms with Crippen LogP contribution in [0.1, 0.15) is 44.5 Å². The summed E-state index contributed by atoms with van der Waals surface area (Å²) in [6.07, 6.45) is 1.74. The molecule has 1 aliphatic rings. The van der Waals surface area contributed by atoms with Crippen molar-refractivity contribution in [3.05, 3.63) is 17.0 Å². The molecule has 144 valence electrons. The first-order valence-electron chi connectivity index (χ1n) is 8.52. The molecule has 1 saturated heterocycles. The van der Waals surface area contributed by atoms with E-state index in [0.29, 0.717) is 18.9 Å². The summed E-state index contributed by atoms with van der Waals surface area (Å²) in [6.45, 7) is 8.51. The maximum absolute atomic E-state index is 12.2. The Bertz CT molecular complexity index is 677. The van der Waals surface area contributed by atoms with Gasteiger partial charge in [0.15, 0.2) is 0 Å². The molecule has 1 aromatic rings. The van der Waals surface area contributed by atoms with Crippen molar-refractivity contribution in [1.29, 1.82) is 0 Å². The van der Waals surface area contributed by atoms with Gasteiger partial charge in [-0.15, -0.1) is 0 Å². The van der Waals surface area contributed by atoms with Gasteiger partial charge in [-0.1, -0.05) is 0 Å². The molecule has 0 saturated carbocycles. The van der Waals surface area contributed by atoms with E-state index in [1.54, 1.807) is 11.8 Å². The molecule has 9 heteroatoms. The zero-order valence-corrected chi connectivity index (χ0v) is 16.5. The van der Waals surface area contributed by atoms with Crippen LogP contribution in [0.25, 0.3) is 0 Å². The van der Waals surface area contributed by atoms with Crippen molar-refractivity contribution in [3.63, 3.8) is 0 Å². The van der Waals surface area contributed by atoms with Gasteiger partial charge in [0, 0.05) is 32.4 Å². The van der Waals surface area contributed by atoms with E-state index in [1.165, 1.54) is 6.20 Å². The Labute approximate surface area is 158 Å². The quantitative estimate of drug-likeness (QED) is 0.582. The Morgan fingerprint density at radius 3 is 2.73 bits per heavy atom. The third kappa shape index (κ3) is 4.97. The van der Waals surface area contributed by atoms with Gasteiger partial charge in [-0.3, -0.25) is 0 Å². The summed E-state index contributed by atoms with van der Waals surface area (Å²) in [5, 5.41) is 0.0434. The third-order valence-electron chi connectivity index (χ3n) is 3.93. The van der Waals surface area contributed by atoms with E-state index in [-0.39, 0.29) is 29.6 Å². The van der Waals surface area contributed by atoms with E-state index in [4.69, 9.17) is 21.1 Å². The van der Waals surface area contributed by atoms with E-state index in [2.05, 4.69) is 9.97 Å². The van der Waals surface area contributed by atoms with Crippen LogP contribution in [0, 0.1) is 0 Å². The molecule has 0 spiro atoms. The van der Waals surface area contributed by atoms with Gasteiger partial charge in [-0.05, 0) is 45.7 Å². The normalized spacial score (nSPS) is 17.2. The number of anilines is 1. The molecule has 2 heterocycles. The van der Waals surface area contributed by atoms with Crippen LogP contribution in [-0.4, -0.2) is 65.3 Å². The highest BCUT2D eigenvalue weighted by molar-refractivity contribution is 6.28. The van der Waals surface area contributed by atoms with Crippen LogP contribution < -0.4 is 4.90 Å². The first kappa shape index (κ1) is 20.2. The van der Waals surface area contributed by atoms with Crippen molar-refractivity contribution in [3.8, 4) is 0 Å². The zero-order chi connectivity index (χ0) is 19.5. The number of rotatable bonds is 4. The SMILES string of the molecule is CCOC(=O)c1cnc(Cl)nc1N(C)C1CCN(C(=O)OC(C)(C)C)C1. The third-order valence-corrected chi connectivity index (χ3v) is 4.11. The Kier molecular flexibility index (Phi) is 6.28. The first-order chi connectivity index (χ1) is 12.1. The van der Waals surface area contributed by atoms with E-state index in [9.17, 15) is 9.59 Å². The van der Waals surface area contributed by atoms with Gasteiger partial charge in [0.2, 0.25) is 5.28 Å². The number of hydrogen-bond acceptors (Lipinski definition) is 7. The highest BCUT2D eigenvalue weighted by Gasteiger charge is 2.33. The highest BCUT2D eigenvalue weighted by atomic mass is 35.5. The Morgan fingerprint density at radius 2 is 2.12 bits per heavy atom. The van der Waals surface area contributed by atoms with E-state index >= 15 is 0 Å². The maximum Gasteiger partial charge on any atom is 0.410 e. The van der Waals surface area contributed by atoms with Crippen LogP contribution >= 0.6 is 11.6 Å². The number of nitrogens with zero attached hydrogens (tertiary/aromatic N) is 4. The lowest BCUT2D eigenvalue weighted by atomic mass is 10.2. The van der Waals surface area contributed by atoms with Crippen molar-refractivity contribution in [1.82, 2.24) is 14.9 Å². The largest absolute Gasteiger partial charge is 0.462 e. The van der Waals surface area contributed by atoms with Gasteiger partial charge in [-0.25, -0.2) is 14.6 Å². The predicted molar refractivity (Wildman–Crippen MR) is 97.6 cm³/mol. The number of likely N-dealkylation sites (N-methyl/N-ethyl adjacent to an activating group) is 1. The average Bonchev–Trinajstić information content (AvgIpc) is 3.02. The fraction of sp³-hybridized carbons (Fsp3) is 0.647. The second kappa shape index (κ2) is 8.07. The molecule has 26 heavy (non-hydrogen) atoms. The smallest absolute Gasteiger partial charge is 0.410 e. The molecule has 1 aliphatic heterocycles. The summed E-state index contributed by atoms with van der Waals surface area (Å²) in [6, 6.07) is -0.0262. The molecule has 0 radical (unpaired) electrons. The average molecular weight is 385 g/mol. The molecule has 0 aliphatic carbocycles. The number of amides is 1. The highest BCUT2D eigenvalue weighted by Crippen LogP contribution is 2.25. The molecule has 1 aromatic heterocycles. The van der Waals surface area contributed by atoms with Crippen LogP contribution in [0.4, 0.5) is 10.6 Å². The fourth-order valence-electron chi connectivity index (χ4n) is 2.70. The molecular formula is C17H25ClN4O4. The minimum atomic E-state index is -0.543. The van der Waals surface area contributed by atoms with Crippen LogP contribution in [-0.2, 0) is 9.47 Å². The lowest BCUT2D eigenvalue weighted by Gasteiger charge is -2.28. The monoisotopic (exact) mass is 384 g/mol. The van der Waals surface area contributed by atoms with Crippen LogP contribution in [0.15, 0.2) is 6.20 Å². The van der Waals surface area contributed by atoms with Crippen molar-refractivity contribution >= 4 is 29.5 Å². The molecule has 1 unspecified atom stereocenters. The number of hydrogen-bond donors (Lipinski definition) is 0. The van der Waals surface area contributed by atoms with Crippen molar-refractivity contribution < 1.29 is 19.1 Å². The number of carbonyl (C=O) groups excluding carboxylic acids is 2. The van der Waals surface area contributed by atoms with Gasteiger partial charge in [-0.2, -0.15) is 4.98 Å². The molecule has 1 amide bonds. The molecule has 1 atom stereocenters. The van der Waals surface area contributed by atoms with Crippen molar-refractivity contribution in [2.45, 2.75) is 45.8 Å². The minimum absolute atomic E-state index is 0.0262. The number of aromatic nitrogens is 2. The standard InChI is InChI=1S/C17H25ClN4O4/c1-6-25-14(23)12-9-19-15(18)20-13(12)21(5)11-7-8-22(10-11)16(24)26-17(2,3)4/h9,11H,6-8,10H2,1-5H3. The molecule has 1 fully saturated rings. The molecule has 8 nitrogen and oxygen atoms in total. The predicted octanol–water partition coefficient (Wildman–Crippen LogP) is 2.75. The van der Waals surface area contributed by atoms with Gasteiger partial charge in [0.1, 0.15) is 17.0 Å².